The SMILES string of the molecule is Cc1cc(Nc2ccc(OCC3CCCCC3)cc2)c2c(ccc3cn[nH]c32)n1.Cl. The summed E-state index contributed by atoms with van der Waals surface area (Å²) in [6.45, 7) is 2.85. The molecule has 0 unspecified atom stereocenters. The first kappa shape index (κ1) is 20.5. The van der Waals surface area contributed by atoms with Gasteiger partial charge in [-0.25, -0.2) is 0 Å². The average molecular weight is 423 g/mol. The van der Waals surface area contributed by atoms with Crippen LogP contribution in [0.5, 0.6) is 5.75 Å². The molecule has 5 rings (SSSR count). The minimum atomic E-state index is 0. The van der Waals surface area contributed by atoms with Gasteiger partial charge in [0.15, 0.2) is 0 Å². The second kappa shape index (κ2) is 8.92. The largest absolute Gasteiger partial charge is 0.493 e. The second-order valence-electron chi connectivity index (χ2n) is 8.07. The van der Waals surface area contributed by atoms with Crippen molar-refractivity contribution in [2.24, 2.45) is 5.92 Å². The third-order valence-electron chi connectivity index (χ3n) is 5.86. The van der Waals surface area contributed by atoms with Gasteiger partial charge in [0.2, 0.25) is 0 Å². The van der Waals surface area contributed by atoms with Crippen molar-refractivity contribution in [3.63, 3.8) is 0 Å². The summed E-state index contributed by atoms with van der Waals surface area (Å²) >= 11 is 0. The molecule has 1 aliphatic rings. The number of fused-ring (bicyclic) bond motifs is 3. The molecule has 0 atom stereocenters. The van der Waals surface area contributed by atoms with Gasteiger partial charge < -0.3 is 10.1 Å². The van der Waals surface area contributed by atoms with Crippen LogP contribution in [-0.2, 0) is 0 Å². The number of aryl methyl sites for hydroxylation is 1. The summed E-state index contributed by atoms with van der Waals surface area (Å²) in [5.74, 6) is 1.65. The molecule has 1 aliphatic carbocycles. The Morgan fingerprint density at radius 2 is 1.87 bits per heavy atom. The van der Waals surface area contributed by atoms with E-state index in [1.54, 1.807) is 0 Å². The van der Waals surface area contributed by atoms with E-state index in [0.29, 0.717) is 5.92 Å². The summed E-state index contributed by atoms with van der Waals surface area (Å²) in [6.07, 6.45) is 8.52. The van der Waals surface area contributed by atoms with Crippen molar-refractivity contribution >= 4 is 45.6 Å². The Balaban J connectivity index is 0.00000218. The molecule has 0 amide bonds. The van der Waals surface area contributed by atoms with Crippen LogP contribution in [0.2, 0.25) is 0 Å². The van der Waals surface area contributed by atoms with Crippen LogP contribution in [0, 0.1) is 12.8 Å². The van der Waals surface area contributed by atoms with E-state index in [2.05, 4.69) is 44.8 Å². The second-order valence-corrected chi connectivity index (χ2v) is 8.07. The van der Waals surface area contributed by atoms with E-state index in [4.69, 9.17) is 4.74 Å². The van der Waals surface area contributed by atoms with Crippen LogP contribution < -0.4 is 10.1 Å². The predicted molar refractivity (Wildman–Crippen MR) is 125 cm³/mol. The topological polar surface area (TPSA) is 62.8 Å². The van der Waals surface area contributed by atoms with Crippen molar-refractivity contribution < 1.29 is 4.74 Å². The van der Waals surface area contributed by atoms with E-state index < -0.39 is 0 Å². The molecule has 1 fully saturated rings. The fourth-order valence-electron chi connectivity index (χ4n) is 4.33. The van der Waals surface area contributed by atoms with Gasteiger partial charge in [-0.3, -0.25) is 10.1 Å². The maximum absolute atomic E-state index is 6.04. The van der Waals surface area contributed by atoms with Crippen molar-refractivity contribution in [3.05, 3.63) is 54.4 Å². The summed E-state index contributed by atoms with van der Waals surface area (Å²) in [7, 11) is 0. The number of benzene rings is 2. The third kappa shape index (κ3) is 4.21. The van der Waals surface area contributed by atoms with Gasteiger partial charge in [-0.05, 0) is 68.1 Å². The molecule has 6 heteroatoms. The van der Waals surface area contributed by atoms with Crippen LogP contribution >= 0.6 is 12.4 Å². The molecule has 2 N–H and O–H groups in total. The molecular formula is C24H27ClN4O. The van der Waals surface area contributed by atoms with Crippen molar-refractivity contribution in [1.29, 1.82) is 0 Å². The summed E-state index contributed by atoms with van der Waals surface area (Å²) in [4.78, 5) is 4.68. The van der Waals surface area contributed by atoms with Crippen molar-refractivity contribution in [2.75, 3.05) is 11.9 Å². The highest BCUT2D eigenvalue weighted by Gasteiger charge is 2.14. The molecule has 5 nitrogen and oxygen atoms in total. The zero-order valence-corrected chi connectivity index (χ0v) is 18.0. The van der Waals surface area contributed by atoms with Gasteiger partial charge in [-0.2, -0.15) is 5.10 Å². The molecule has 0 aliphatic heterocycles. The molecule has 0 spiro atoms. The minimum Gasteiger partial charge on any atom is -0.493 e. The van der Waals surface area contributed by atoms with Crippen LogP contribution in [-0.4, -0.2) is 21.8 Å². The molecule has 2 aromatic heterocycles. The number of aromatic nitrogens is 3. The summed E-state index contributed by atoms with van der Waals surface area (Å²) in [5, 5.41) is 13.0. The van der Waals surface area contributed by atoms with Crippen molar-refractivity contribution in [2.45, 2.75) is 39.0 Å². The number of nitrogens with one attached hydrogen (secondary N) is 2. The molecular weight excluding hydrogens is 396 g/mol. The lowest BCUT2D eigenvalue weighted by atomic mass is 9.90. The number of nitrogens with zero attached hydrogens (tertiary/aromatic N) is 2. The Morgan fingerprint density at radius 1 is 1.07 bits per heavy atom. The van der Waals surface area contributed by atoms with Crippen LogP contribution in [0.15, 0.2) is 48.7 Å². The van der Waals surface area contributed by atoms with E-state index in [-0.39, 0.29) is 12.4 Å². The summed E-state index contributed by atoms with van der Waals surface area (Å²) < 4.78 is 6.04. The highest BCUT2D eigenvalue weighted by molar-refractivity contribution is 6.10. The first-order valence-corrected chi connectivity index (χ1v) is 10.5. The molecule has 156 valence electrons. The van der Waals surface area contributed by atoms with Crippen molar-refractivity contribution in [3.8, 4) is 5.75 Å². The van der Waals surface area contributed by atoms with Gasteiger partial charge in [0.1, 0.15) is 5.75 Å². The van der Waals surface area contributed by atoms with Crippen LogP contribution in [0.25, 0.3) is 21.8 Å². The molecule has 2 heterocycles. The van der Waals surface area contributed by atoms with Gasteiger partial charge in [-0.15, -0.1) is 12.4 Å². The monoisotopic (exact) mass is 422 g/mol. The standard InChI is InChI=1S/C24H26N4O.ClH/c1-16-13-22(23-21(26-16)12-7-18-14-25-28-24(18)23)27-19-8-10-20(11-9-19)29-15-17-5-3-2-4-6-17;/h7-14,17H,2-6,15H2,1H3,(H,25,28)(H,26,27);1H. The Kier molecular flexibility index (Phi) is 6.09. The number of hydrogen-bond donors (Lipinski definition) is 2. The lowest BCUT2D eigenvalue weighted by Gasteiger charge is -2.21. The van der Waals surface area contributed by atoms with E-state index in [9.17, 15) is 0 Å². The predicted octanol–water partition coefficient (Wildman–Crippen LogP) is 6.54. The quantitative estimate of drug-likeness (QED) is 0.383. The smallest absolute Gasteiger partial charge is 0.119 e. The first-order chi connectivity index (χ1) is 14.3. The molecule has 0 bridgehead atoms. The Labute approximate surface area is 182 Å². The maximum Gasteiger partial charge on any atom is 0.119 e. The Hall–Kier alpha value is -2.79. The van der Waals surface area contributed by atoms with Gasteiger partial charge in [-0.1, -0.05) is 19.3 Å². The molecule has 4 aromatic rings. The van der Waals surface area contributed by atoms with E-state index in [1.165, 1.54) is 32.1 Å². The zero-order valence-electron chi connectivity index (χ0n) is 17.1. The number of ether oxygens (including phenoxy) is 1. The number of hydrogen-bond acceptors (Lipinski definition) is 4. The highest BCUT2D eigenvalue weighted by atomic mass is 35.5. The number of H-pyrrole nitrogens is 1. The lowest BCUT2D eigenvalue weighted by Crippen LogP contribution is -2.15. The molecule has 0 radical (unpaired) electrons. The van der Waals surface area contributed by atoms with Gasteiger partial charge in [0, 0.05) is 22.2 Å². The molecule has 0 saturated heterocycles. The van der Waals surface area contributed by atoms with E-state index >= 15 is 0 Å². The molecule has 2 aromatic carbocycles. The first-order valence-electron chi connectivity index (χ1n) is 10.5. The van der Waals surface area contributed by atoms with Gasteiger partial charge >= 0.3 is 0 Å². The fourth-order valence-corrected chi connectivity index (χ4v) is 4.33. The Bertz CT molecular complexity index is 1130. The fraction of sp³-hybridized carbons (Fsp3) is 0.333. The zero-order chi connectivity index (χ0) is 19.6. The maximum atomic E-state index is 6.04. The van der Waals surface area contributed by atoms with Crippen LogP contribution in [0.1, 0.15) is 37.8 Å². The van der Waals surface area contributed by atoms with Gasteiger partial charge in [0.25, 0.3) is 0 Å². The normalized spacial score (nSPS) is 14.6. The minimum absolute atomic E-state index is 0. The number of rotatable bonds is 5. The summed E-state index contributed by atoms with van der Waals surface area (Å²) in [5.41, 5.74) is 4.99. The van der Waals surface area contributed by atoms with Gasteiger partial charge in [0.05, 0.1) is 29.5 Å². The summed E-state index contributed by atoms with van der Waals surface area (Å²) in [6, 6.07) is 14.4. The number of aromatic amines is 1. The number of pyridine rings is 1. The molecule has 30 heavy (non-hydrogen) atoms. The van der Waals surface area contributed by atoms with Crippen LogP contribution in [0.4, 0.5) is 11.4 Å². The van der Waals surface area contributed by atoms with Crippen LogP contribution in [0.3, 0.4) is 0 Å². The highest BCUT2D eigenvalue weighted by Crippen LogP contribution is 2.32. The molecule has 1 saturated carbocycles. The van der Waals surface area contributed by atoms with E-state index in [0.717, 1.165) is 51.2 Å². The third-order valence-corrected chi connectivity index (χ3v) is 5.86. The lowest BCUT2D eigenvalue weighted by molar-refractivity contribution is 0.209. The van der Waals surface area contributed by atoms with E-state index in [1.807, 2.05) is 31.3 Å². The number of anilines is 2. The average Bonchev–Trinajstić information content (AvgIpc) is 3.22. The van der Waals surface area contributed by atoms with Crippen molar-refractivity contribution in [1.82, 2.24) is 15.2 Å². The Morgan fingerprint density at radius 3 is 2.67 bits per heavy atom. The number of halogens is 1.